The van der Waals surface area contributed by atoms with Gasteiger partial charge in [-0.2, -0.15) is 9.61 Å². The minimum Gasteiger partial charge on any atom is -0.493 e. The second-order valence-electron chi connectivity index (χ2n) is 8.57. The van der Waals surface area contributed by atoms with Crippen molar-refractivity contribution in [1.29, 1.82) is 0 Å². The number of aromatic nitrogens is 5. The summed E-state index contributed by atoms with van der Waals surface area (Å²) in [6.45, 7) is 1.55. The monoisotopic (exact) mass is 438 g/mol. The number of nitrogens with zero attached hydrogens (tertiary/aromatic N) is 4. The molecule has 0 radical (unpaired) electrons. The van der Waals surface area contributed by atoms with E-state index in [1.165, 1.54) is 0 Å². The Morgan fingerprint density at radius 1 is 1.22 bits per heavy atom. The minimum absolute atomic E-state index is 0.0131. The molecule has 2 saturated carbocycles. The molecule has 3 aromatic heterocycles. The molecule has 0 saturated heterocycles. The van der Waals surface area contributed by atoms with Crippen LogP contribution >= 0.6 is 0 Å². The third-order valence-electron chi connectivity index (χ3n) is 5.86. The van der Waals surface area contributed by atoms with Gasteiger partial charge in [0.25, 0.3) is 0 Å². The smallest absolute Gasteiger partial charge is 0.326 e. The molecule has 168 valence electrons. The van der Waals surface area contributed by atoms with Crippen molar-refractivity contribution in [3.63, 3.8) is 0 Å². The Morgan fingerprint density at radius 2 is 1.97 bits per heavy atom. The Morgan fingerprint density at radius 3 is 2.62 bits per heavy atom. The molecule has 32 heavy (non-hydrogen) atoms. The zero-order valence-corrected chi connectivity index (χ0v) is 17.8. The van der Waals surface area contributed by atoms with Gasteiger partial charge in [-0.25, -0.2) is 9.78 Å². The summed E-state index contributed by atoms with van der Waals surface area (Å²) in [5.41, 5.74) is 1.09. The Kier molecular flexibility index (Phi) is 5.16. The van der Waals surface area contributed by atoms with Crippen LogP contribution in [-0.2, 0) is 4.79 Å². The Hall–Kier alpha value is -3.63. The van der Waals surface area contributed by atoms with Crippen molar-refractivity contribution >= 4 is 23.4 Å². The number of hydrogen-bond acceptors (Lipinski definition) is 7. The maximum Gasteiger partial charge on any atom is 0.326 e. The average Bonchev–Trinajstić information content (AvgIpc) is 3.38. The van der Waals surface area contributed by atoms with E-state index in [9.17, 15) is 14.7 Å². The fraction of sp³-hybridized carbons (Fsp3) is 0.476. The molecule has 11 heteroatoms. The molecule has 5 N–H and O–H groups in total. The number of fused-ring (bicyclic) bond motifs is 1. The number of carbonyl (C=O) groups excluding carboxylic acids is 1. The molecule has 3 heterocycles. The quantitative estimate of drug-likeness (QED) is 0.376. The number of aromatic amines is 2. The number of nitrogens with one attached hydrogen (secondary N) is 4. The number of anilines is 1. The predicted octanol–water partition coefficient (Wildman–Crippen LogP) is -0.0787. The first-order chi connectivity index (χ1) is 15.4. The summed E-state index contributed by atoms with van der Waals surface area (Å²) in [7, 11) is 0. The summed E-state index contributed by atoms with van der Waals surface area (Å²) in [4.78, 5) is 37.2. The van der Waals surface area contributed by atoms with Crippen LogP contribution in [0, 0.1) is 0 Å². The summed E-state index contributed by atoms with van der Waals surface area (Å²) in [5, 5.41) is 21.5. The molecular weight excluding hydrogens is 412 g/mol. The third kappa shape index (κ3) is 4.36. The molecular formula is C21H26N8O3. The average molecular weight is 438 g/mol. The topological polar surface area (TPSA) is 153 Å². The van der Waals surface area contributed by atoms with E-state index >= 15 is 0 Å². The van der Waals surface area contributed by atoms with Crippen LogP contribution in [0.25, 0.3) is 11.7 Å². The number of rotatable bonds is 5. The molecule has 0 aliphatic heterocycles. The van der Waals surface area contributed by atoms with Crippen LogP contribution in [0.3, 0.4) is 0 Å². The molecule has 1 amide bonds. The maximum absolute atomic E-state index is 11.5. The van der Waals surface area contributed by atoms with Gasteiger partial charge in [0, 0.05) is 30.3 Å². The SMILES string of the molecule is CC(=O)NC1CCC(Nc2cc(=NC3CC3)n3ncc(=Cc4[nH]c(=O)[nH]c4O)c3n2)CC1. The van der Waals surface area contributed by atoms with Crippen LogP contribution in [0.5, 0.6) is 5.88 Å². The van der Waals surface area contributed by atoms with E-state index in [1.54, 1.807) is 23.7 Å². The first-order valence-electron chi connectivity index (χ1n) is 10.9. The van der Waals surface area contributed by atoms with Gasteiger partial charge < -0.3 is 20.7 Å². The molecule has 0 unspecified atom stereocenters. The second-order valence-corrected chi connectivity index (χ2v) is 8.57. The fourth-order valence-electron chi connectivity index (χ4n) is 4.15. The number of aromatic hydroxyl groups is 1. The van der Waals surface area contributed by atoms with Crippen molar-refractivity contribution in [2.24, 2.45) is 4.99 Å². The third-order valence-corrected chi connectivity index (χ3v) is 5.86. The van der Waals surface area contributed by atoms with Crippen LogP contribution < -0.4 is 27.0 Å². The molecule has 2 aliphatic rings. The van der Waals surface area contributed by atoms with Gasteiger partial charge >= 0.3 is 5.69 Å². The van der Waals surface area contributed by atoms with Crippen molar-refractivity contribution in [3.8, 4) is 5.88 Å². The summed E-state index contributed by atoms with van der Waals surface area (Å²) in [6.07, 6.45) is 9.12. The van der Waals surface area contributed by atoms with E-state index in [0.29, 0.717) is 22.7 Å². The molecule has 0 aromatic carbocycles. The standard InChI is InChI=1S/C21H26N8O3/c1-11(30)23-13-2-4-14(5-3-13)24-17-9-18(25-15-6-7-15)29-19(27-17)12(10-22-29)8-16-20(31)28-21(32)26-16/h8-10,13-15,24,31H,2-7H2,1H3,(H,23,30)(H2,26,28,32). The van der Waals surface area contributed by atoms with E-state index in [1.807, 2.05) is 6.07 Å². The van der Waals surface area contributed by atoms with E-state index < -0.39 is 5.69 Å². The Labute approximate surface area is 182 Å². The van der Waals surface area contributed by atoms with Crippen molar-refractivity contribution < 1.29 is 9.90 Å². The van der Waals surface area contributed by atoms with Gasteiger partial charge in [-0.15, -0.1) is 0 Å². The van der Waals surface area contributed by atoms with Gasteiger partial charge in [0.2, 0.25) is 11.8 Å². The lowest BCUT2D eigenvalue weighted by Gasteiger charge is -2.29. The second kappa shape index (κ2) is 8.13. The zero-order chi connectivity index (χ0) is 22.2. The molecule has 0 spiro atoms. The van der Waals surface area contributed by atoms with E-state index in [-0.39, 0.29) is 29.6 Å². The van der Waals surface area contributed by atoms with Gasteiger partial charge in [0.05, 0.1) is 12.2 Å². The molecule has 3 aromatic rings. The highest BCUT2D eigenvalue weighted by Crippen LogP contribution is 2.23. The van der Waals surface area contributed by atoms with Crippen LogP contribution in [-0.4, -0.2) is 53.7 Å². The fourth-order valence-corrected chi connectivity index (χ4v) is 4.15. The summed E-state index contributed by atoms with van der Waals surface area (Å²) in [6, 6.07) is 2.71. The lowest BCUT2D eigenvalue weighted by atomic mass is 9.91. The number of imidazole rings is 1. The van der Waals surface area contributed by atoms with Gasteiger partial charge in [-0.05, 0) is 44.6 Å². The van der Waals surface area contributed by atoms with Crippen LogP contribution in [0.4, 0.5) is 5.82 Å². The first kappa shape index (κ1) is 20.3. The molecule has 2 aliphatic carbocycles. The molecule has 0 bridgehead atoms. The number of H-pyrrole nitrogens is 2. The number of hydrogen-bond donors (Lipinski definition) is 5. The Balaban J connectivity index is 1.48. The summed E-state index contributed by atoms with van der Waals surface area (Å²) in [5.74, 6) is 0.489. The normalized spacial score (nSPS) is 22.4. The lowest BCUT2D eigenvalue weighted by Crippen LogP contribution is -2.39. The van der Waals surface area contributed by atoms with Gasteiger partial charge in [-0.3, -0.25) is 14.8 Å². The highest BCUT2D eigenvalue weighted by atomic mass is 16.3. The molecule has 2 fully saturated rings. The Bertz CT molecular complexity index is 1330. The molecule has 0 atom stereocenters. The van der Waals surface area contributed by atoms with Crippen molar-refractivity contribution in [1.82, 2.24) is 29.9 Å². The maximum atomic E-state index is 11.5. The van der Waals surface area contributed by atoms with Gasteiger partial charge in [0.15, 0.2) is 11.1 Å². The highest BCUT2D eigenvalue weighted by Gasteiger charge is 2.23. The molecule has 5 rings (SSSR count). The summed E-state index contributed by atoms with van der Waals surface area (Å²) >= 11 is 0. The zero-order valence-electron chi connectivity index (χ0n) is 17.8. The number of carbonyl (C=O) groups is 1. The van der Waals surface area contributed by atoms with Crippen molar-refractivity contribution in [2.75, 3.05) is 5.32 Å². The number of amides is 1. The lowest BCUT2D eigenvalue weighted by molar-refractivity contribution is -0.119. The van der Waals surface area contributed by atoms with Crippen molar-refractivity contribution in [3.05, 3.63) is 39.1 Å². The first-order valence-corrected chi connectivity index (χ1v) is 10.9. The van der Waals surface area contributed by atoms with E-state index in [2.05, 4.69) is 25.7 Å². The van der Waals surface area contributed by atoms with Crippen LogP contribution in [0.1, 0.15) is 51.1 Å². The highest BCUT2D eigenvalue weighted by molar-refractivity contribution is 5.73. The predicted molar refractivity (Wildman–Crippen MR) is 117 cm³/mol. The summed E-state index contributed by atoms with van der Waals surface area (Å²) < 4.78 is 1.69. The van der Waals surface area contributed by atoms with E-state index in [4.69, 9.17) is 9.98 Å². The van der Waals surface area contributed by atoms with Gasteiger partial charge in [0.1, 0.15) is 11.5 Å². The molecule has 11 nitrogen and oxygen atoms in total. The van der Waals surface area contributed by atoms with E-state index in [0.717, 1.165) is 44.0 Å². The van der Waals surface area contributed by atoms with Crippen LogP contribution in [0.15, 0.2) is 22.1 Å². The van der Waals surface area contributed by atoms with Crippen molar-refractivity contribution in [2.45, 2.75) is 63.6 Å². The minimum atomic E-state index is -0.486. The van der Waals surface area contributed by atoms with Gasteiger partial charge in [-0.1, -0.05) is 0 Å². The van der Waals surface area contributed by atoms with Crippen LogP contribution in [0.2, 0.25) is 0 Å². The largest absolute Gasteiger partial charge is 0.493 e.